The molecule has 1 saturated heterocycles. The number of nitrogens with one attached hydrogen (secondary N) is 1. The van der Waals surface area contributed by atoms with Crippen molar-refractivity contribution in [2.75, 3.05) is 40.4 Å². The molecule has 1 atom stereocenters. The fraction of sp³-hybridized carbons (Fsp3) is 0.400. The van der Waals surface area contributed by atoms with Crippen molar-refractivity contribution in [2.24, 2.45) is 5.92 Å². The molecule has 1 heterocycles. The van der Waals surface area contributed by atoms with E-state index in [0.29, 0.717) is 29.5 Å². The van der Waals surface area contributed by atoms with E-state index in [1.165, 1.54) is 11.1 Å². The van der Waals surface area contributed by atoms with Crippen molar-refractivity contribution in [1.29, 1.82) is 0 Å². The molecule has 0 aromatic heterocycles. The molecule has 160 valence electrons. The number of benzene rings is 2. The molecule has 0 bridgehead atoms. The Bertz CT molecular complexity index is 864. The standard InChI is InChI=1S/C25H32N2O3/c1-19(15-20-9-5-4-6-10-20)17-27-14-8-11-21(18-27)16-26-25(28)22-12-7-13-23(29-2)24(22)30-3/h4-7,9-10,12-13,15,21H,8,11,14,16-18H2,1-3H3,(H,26,28)/b19-15+. The van der Waals surface area contributed by atoms with Gasteiger partial charge in [-0.25, -0.2) is 0 Å². The van der Waals surface area contributed by atoms with Crippen molar-refractivity contribution in [3.8, 4) is 11.5 Å². The summed E-state index contributed by atoms with van der Waals surface area (Å²) in [7, 11) is 3.13. The van der Waals surface area contributed by atoms with Crippen molar-refractivity contribution >= 4 is 12.0 Å². The first-order valence-corrected chi connectivity index (χ1v) is 10.5. The minimum absolute atomic E-state index is 0.122. The first-order valence-electron chi connectivity index (χ1n) is 10.5. The predicted octanol–water partition coefficient (Wildman–Crippen LogP) is 4.25. The SMILES string of the molecule is COc1cccc(C(=O)NCC2CCCN(C/C(C)=C/c3ccccc3)C2)c1OC. The van der Waals surface area contributed by atoms with Gasteiger partial charge in [-0.2, -0.15) is 0 Å². The van der Waals surface area contributed by atoms with Crippen LogP contribution in [0.3, 0.4) is 0 Å². The number of carbonyl (C=O) groups is 1. The zero-order valence-corrected chi connectivity index (χ0v) is 18.2. The Morgan fingerprint density at radius 2 is 1.93 bits per heavy atom. The fourth-order valence-electron chi connectivity index (χ4n) is 4.09. The van der Waals surface area contributed by atoms with Gasteiger partial charge in [0, 0.05) is 19.6 Å². The molecule has 2 aromatic rings. The summed E-state index contributed by atoms with van der Waals surface area (Å²) in [6.45, 7) is 5.91. The van der Waals surface area contributed by atoms with Crippen LogP contribution in [-0.4, -0.2) is 51.2 Å². The van der Waals surface area contributed by atoms with Gasteiger partial charge in [0.2, 0.25) is 0 Å². The van der Waals surface area contributed by atoms with E-state index in [9.17, 15) is 4.79 Å². The first-order chi connectivity index (χ1) is 14.6. The molecular formula is C25H32N2O3. The largest absolute Gasteiger partial charge is 0.493 e. The molecule has 0 radical (unpaired) electrons. The number of piperidine rings is 1. The topological polar surface area (TPSA) is 50.8 Å². The molecule has 1 unspecified atom stereocenters. The quantitative estimate of drug-likeness (QED) is 0.710. The summed E-state index contributed by atoms with van der Waals surface area (Å²) in [5, 5.41) is 3.09. The molecular weight excluding hydrogens is 376 g/mol. The molecule has 1 amide bonds. The summed E-state index contributed by atoms with van der Waals surface area (Å²) >= 11 is 0. The number of carbonyl (C=O) groups excluding carboxylic acids is 1. The van der Waals surface area contributed by atoms with Crippen LogP contribution in [0.25, 0.3) is 6.08 Å². The summed E-state index contributed by atoms with van der Waals surface area (Å²) in [6.07, 6.45) is 4.54. The van der Waals surface area contributed by atoms with E-state index < -0.39 is 0 Å². The Morgan fingerprint density at radius 3 is 2.67 bits per heavy atom. The Morgan fingerprint density at radius 1 is 1.13 bits per heavy atom. The third-order valence-corrected chi connectivity index (χ3v) is 5.49. The molecule has 2 aromatic carbocycles. The Hall–Kier alpha value is -2.79. The zero-order valence-electron chi connectivity index (χ0n) is 18.2. The Kier molecular flexibility index (Phi) is 7.91. The number of hydrogen-bond donors (Lipinski definition) is 1. The number of methoxy groups -OCH3 is 2. The van der Waals surface area contributed by atoms with Gasteiger partial charge in [-0.1, -0.05) is 48.0 Å². The highest BCUT2D eigenvalue weighted by molar-refractivity contribution is 5.97. The van der Waals surface area contributed by atoms with Crippen molar-refractivity contribution in [3.05, 3.63) is 65.2 Å². The van der Waals surface area contributed by atoms with Crippen LogP contribution in [-0.2, 0) is 0 Å². The number of para-hydroxylation sites is 1. The maximum absolute atomic E-state index is 12.7. The lowest BCUT2D eigenvalue weighted by Gasteiger charge is -2.33. The third-order valence-electron chi connectivity index (χ3n) is 5.49. The van der Waals surface area contributed by atoms with Gasteiger partial charge in [0.1, 0.15) is 0 Å². The number of likely N-dealkylation sites (tertiary alicyclic amines) is 1. The molecule has 0 saturated carbocycles. The van der Waals surface area contributed by atoms with Crippen LogP contribution in [0.4, 0.5) is 0 Å². The molecule has 5 nitrogen and oxygen atoms in total. The van der Waals surface area contributed by atoms with Crippen molar-refractivity contribution < 1.29 is 14.3 Å². The summed E-state index contributed by atoms with van der Waals surface area (Å²) in [4.78, 5) is 15.2. The molecule has 3 rings (SSSR count). The zero-order chi connectivity index (χ0) is 21.3. The number of amides is 1. The van der Waals surface area contributed by atoms with Gasteiger partial charge < -0.3 is 14.8 Å². The van der Waals surface area contributed by atoms with Gasteiger partial charge >= 0.3 is 0 Å². The monoisotopic (exact) mass is 408 g/mol. The summed E-state index contributed by atoms with van der Waals surface area (Å²) < 4.78 is 10.7. The predicted molar refractivity (Wildman–Crippen MR) is 121 cm³/mol. The molecule has 1 N–H and O–H groups in total. The minimum Gasteiger partial charge on any atom is -0.493 e. The first kappa shape index (κ1) is 21.9. The Labute approximate surface area is 179 Å². The van der Waals surface area contributed by atoms with Crippen molar-refractivity contribution in [3.63, 3.8) is 0 Å². The molecule has 5 heteroatoms. The van der Waals surface area contributed by atoms with Crippen LogP contribution >= 0.6 is 0 Å². The Balaban J connectivity index is 1.54. The van der Waals surface area contributed by atoms with Gasteiger partial charge in [-0.15, -0.1) is 0 Å². The highest BCUT2D eigenvalue weighted by atomic mass is 16.5. The van der Waals surface area contributed by atoms with Gasteiger partial charge in [-0.3, -0.25) is 9.69 Å². The fourth-order valence-corrected chi connectivity index (χ4v) is 4.09. The lowest BCUT2D eigenvalue weighted by Crippen LogP contribution is -2.41. The normalized spacial score (nSPS) is 17.4. The van der Waals surface area contributed by atoms with E-state index in [1.54, 1.807) is 32.4 Å². The van der Waals surface area contributed by atoms with E-state index in [1.807, 2.05) is 6.07 Å². The molecule has 1 aliphatic rings. The van der Waals surface area contributed by atoms with E-state index >= 15 is 0 Å². The second-order valence-corrected chi connectivity index (χ2v) is 7.90. The number of ether oxygens (including phenoxy) is 2. The van der Waals surface area contributed by atoms with Crippen LogP contribution < -0.4 is 14.8 Å². The van der Waals surface area contributed by atoms with Crippen molar-refractivity contribution in [1.82, 2.24) is 10.2 Å². The summed E-state index contributed by atoms with van der Waals surface area (Å²) in [5.41, 5.74) is 3.10. The average molecular weight is 409 g/mol. The summed E-state index contributed by atoms with van der Waals surface area (Å²) in [5.74, 6) is 1.37. The third kappa shape index (κ3) is 5.86. The van der Waals surface area contributed by atoms with Crippen LogP contribution in [0.5, 0.6) is 11.5 Å². The highest BCUT2D eigenvalue weighted by Crippen LogP contribution is 2.30. The van der Waals surface area contributed by atoms with Crippen LogP contribution in [0.2, 0.25) is 0 Å². The maximum Gasteiger partial charge on any atom is 0.255 e. The maximum atomic E-state index is 12.7. The minimum atomic E-state index is -0.122. The van der Waals surface area contributed by atoms with E-state index in [0.717, 1.165) is 32.5 Å². The van der Waals surface area contributed by atoms with Gasteiger partial charge in [0.25, 0.3) is 5.91 Å². The molecule has 30 heavy (non-hydrogen) atoms. The second-order valence-electron chi connectivity index (χ2n) is 7.90. The van der Waals surface area contributed by atoms with Gasteiger partial charge in [0.15, 0.2) is 11.5 Å². The van der Waals surface area contributed by atoms with Gasteiger partial charge in [-0.05, 0) is 49.9 Å². The number of nitrogens with zero attached hydrogens (tertiary/aromatic N) is 1. The van der Waals surface area contributed by atoms with E-state index in [4.69, 9.17) is 9.47 Å². The van der Waals surface area contributed by atoms with Gasteiger partial charge in [0.05, 0.1) is 19.8 Å². The van der Waals surface area contributed by atoms with Crippen molar-refractivity contribution in [2.45, 2.75) is 19.8 Å². The molecule has 0 aliphatic carbocycles. The van der Waals surface area contributed by atoms with Crippen LogP contribution in [0, 0.1) is 5.92 Å². The van der Waals surface area contributed by atoms with Crippen LogP contribution in [0.1, 0.15) is 35.7 Å². The smallest absolute Gasteiger partial charge is 0.255 e. The number of hydrogen-bond acceptors (Lipinski definition) is 4. The lowest BCUT2D eigenvalue weighted by molar-refractivity contribution is 0.0930. The highest BCUT2D eigenvalue weighted by Gasteiger charge is 2.22. The summed E-state index contributed by atoms with van der Waals surface area (Å²) in [6, 6.07) is 15.8. The molecule has 1 fully saturated rings. The van der Waals surface area contributed by atoms with E-state index in [-0.39, 0.29) is 5.91 Å². The van der Waals surface area contributed by atoms with Crippen LogP contribution in [0.15, 0.2) is 54.1 Å². The van der Waals surface area contributed by atoms with E-state index in [2.05, 4.69) is 47.5 Å². The molecule has 1 aliphatic heterocycles. The average Bonchev–Trinajstić information content (AvgIpc) is 2.77. The lowest BCUT2D eigenvalue weighted by atomic mass is 9.97. The number of rotatable bonds is 8. The molecule has 0 spiro atoms. The second kappa shape index (κ2) is 10.8.